The van der Waals surface area contributed by atoms with Crippen molar-refractivity contribution in [1.82, 2.24) is 24.7 Å². The van der Waals surface area contributed by atoms with Gasteiger partial charge >= 0.3 is 11.8 Å². The Bertz CT molecular complexity index is 1430. The summed E-state index contributed by atoms with van der Waals surface area (Å²) in [5.41, 5.74) is 0.149. The summed E-state index contributed by atoms with van der Waals surface area (Å²) in [7, 11) is 1.52. The summed E-state index contributed by atoms with van der Waals surface area (Å²) in [6.45, 7) is 10.3. The van der Waals surface area contributed by atoms with Crippen LogP contribution in [-0.2, 0) is 26.1 Å². The molecule has 2 aromatic rings. The maximum atomic E-state index is 15.8. The zero-order valence-electron chi connectivity index (χ0n) is 25.8. The summed E-state index contributed by atoms with van der Waals surface area (Å²) < 4.78 is 29.8. The molecule has 1 aliphatic carbocycles. The Morgan fingerprint density at radius 2 is 1.81 bits per heavy atom. The van der Waals surface area contributed by atoms with E-state index in [2.05, 4.69) is 15.5 Å². The van der Waals surface area contributed by atoms with Crippen LogP contribution in [0.4, 0.5) is 9.18 Å². The van der Waals surface area contributed by atoms with Gasteiger partial charge < -0.3 is 19.7 Å². The second kappa shape index (κ2) is 12.4. The van der Waals surface area contributed by atoms with Gasteiger partial charge in [-0.25, -0.2) is 14.0 Å². The van der Waals surface area contributed by atoms with E-state index in [4.69, 9.17) is 9.47 Å². The molecule has 3 fully saturated rings. The zero-order valence-corrected chi connectivity index (χ0v) is 25.8. The van der Waals surface area contributed by atoms with E-state index in [0.29, 0.717) is 23.6 Å². The van der Waals surface area contributed by atoms with Crippen LogP contribution in [0.25, 0.3) is 11.0 Å². The fraction of sp³-hybridized carbons (Fsp3) is 0.677. The number of benzene rings is 1. The Morgan fingerprint density at radius 1 is 1.12 bits per heavy atom. The molecule has 236 valence electrons. The van der Waals surface area contributed by atoms with Crippen LogP contribution in [0.1, 0.15) is 83.7 Å². The van der Waals surface area contributed by atoms with Gasteiger partial charge in [-0.3, -0.25) is 24.0 Å². The summed E-state index contributed by atoms with van der Waals surface area (Å²) in [6.07, 6.45) is 4.18. The number of hydrogen-bond acceptors (Lipinski definition) is 7. The normalized spacial score (nSPS) is 24.5. The van der Waals surface area contributed by atoms with Crippen LogP contribution in [0.15, 0.2) is 16.9 Å². The van der Waals surface area contributed by atoms with Crippen molar-refractivity contribution in [1.29, 1.82) is 0 Å². The van der Waals surface area contributed by atoms with Gasteiger partial charge in [0.25, 0.3) is 0 Å². The fourth-order valence-corrected chi connectivity index (χ4v) is 6.58. The van der Waals surface area contributed by atoms with E-state index in [-0.39, 0.29) is 42.3 Å². The third kappa shape index (κ3) is 6.95. The standard InChI is InChI=1S/C31H44FN5O6/c1-18(33-29(40)43-31(2,3)4)17-42-21-8-6-19(7-9-21)14-36-15-20(16-36)22-10-11-23-27(26(22)32)35(5)30(41)37(23)24-12-13-25(38)34-28(24)39/h10-11,18-21,24H,6-9,12-17H2,1-5H3,(H,33,40)(H,34,38,39). The topological polar surface area (TPSA) is 124 Å². The summed E-state index contributed by atoms with van der Waals surface area (Å²) in [6, 6.07) is 2.50. The molecule has 12 heteroatoms. The lowest BCUT2D eigenvalue weighted by Crippen LogP contribution is -2.48. The minimum absolute atomic E-state index is 0.0390. The lowest BCUT2D eigenvalue weighted by atomic mass is 9.84. The zero-order chi connectivity index (χ0) is 31.1. The summed E-state index contributed by atoms with van der Waals surface area (Å²) >= 11 is 0. The largest absolute Gasteiger partial charge is 0.444 e. The third-order valence-electron chi connectivity index (χ3n) is 8.79. The monoisotopic (exact) mass is 601 g/mol. The van der Waals surface area contributed by atoms with Crippen molar-refractivity contribution >= 4 is 28.9 Å². The first kappa shape index (κ1) is 31.2. The number of piperidine rings is 1. The number of alkyl carbamates (subject to hydrolysis) is 1. The molecular weight excluding hydrogens is 557 g/mol. The molecule has 2 atom stereocenters. The molecule has 43 heavy (non-hydrogen) atoms. The molecule has 2 N–H and O–H groups in total. The summed E-state index contributed by atoms with van der Waals surface area (Å²) in [5, 5.41) is 5.10. The first-order valence-electron chi connectivity index (χ1n) is 15.4. The number of amides is 3. The predicted octanol–water partition coefficient (Wildman–Crippen LogP) is 3.34. The molecule has 0 bridgehead atoms. The maximum absolute atomic E-state index is 15.8. The van der Waals surface area contributed by atoms with Crippen molar-refractivity contribution < 1.29 is 28.2 Å². The number of likely N-dealkylation sites (tertiary alicyclic amines) is 1. The number of imidazole rings is 1. The first-order chi connectivity index (χ1) is 20.3. The van der Waals surface area contributed by atoms with E-state index in [9.17, 15) is 19.2 Å². The number of aryl methyl sites for hydroxylation is 1. The number of halogens is 1. The van der Waals surface area contributed by atoms with E-state index >= 15 is 4.39 Å². The van der Waals surface area contributed by atoms with Crippen LogP contribution in [0.5, 0.6) is 0 Å². The van der Waals surface area contributed by atoms with Gasteiger partial charge in [0.15, 0.2) is 5.82 Å². The van der Waals surface area contributed by atoms with Gasteiger partial charge in [0.1, 0.15) is 17.2 Å². The van der Waals surface area contributed by atoms with E-state index in [1.807, 2.05) is 27.7 Å². The first-order valence-corrected chi connectivity index (χ1v) is 15.4. The molecule has 2 aliphatic heterocycles. The van der Waals surface area contributed by atoms with Gasteiger partial charge in [0.05, 0.1) is 24.3 Å². The number of ether oxygens (including phenoxy) is 2. The molecule has 3 heterocycles. The highest BCUT2D eigenvalue weighted by Crippen LogP contribution is 2.35. The maximum Gasteiger partial charge on any atom is 0.407 e. The van der Waals surface area contributed by atoms with Crippen molar-refractivity contribution in [3.63, 3.8) is 0 Å². The molecule has 3 amide bonds. The van der Waals surface area contributed by atoms with Crippen molar-refractivity contribution in [2.75, 3.05) is 26.2 Å². The molecule has 2 saturated heterocycles. The Labute approximate surface area is 251 Å². The van der Waals surface area contributed by atoms with Crippen molar-refractivity contribution in [3.05, 3.63) is 34.0 Å². The second-order valence-corrected chi connectivity index (χ2v) is 13.5. The lowest BCUT2D eigenvalue weighted by molar-refractivity contribution is -0.135. The average Bonchev–Trinajstić information content (AvgIpc) is 3.15. The van der Waals surface area contributed by atoms with Crippen molar-refractivity contribution in [3.8, 4) is 0 Å². The van der Waals surface area contributed by atoms with E-state index in [0.717, 1.165) is 45.3 Å². The number of hydrogen-bond donors (Lipinski definition) is 2. The van der Waals surface area contributed by atoms with Gasteiger partial charge in [-0.05, 0) is 77.3 Å². The average molecular weight is 602 g/mol. The van der Waals surface area contributed by atoms with Crippen LogP contribution in [0.2, 0.25) is 0 Å². The van der Waals surface area contributed by atoms with Gasteiger partial charge in [-0.15, -0.1) is 0 Å². The molecule has 0 radical (unpaired) electrons. The summed E-state index contributed by atoms with van der Waals surface area (Å²) in [4.78, 5) is 51.4. The van der Waals surface area contributed by atoms with Gasteiger partial charge in [0.2, 0.25) is 11.8 Å². The molecular formula is C31H44FN5O6. The number of nitrogens with zero attached hydrogens (tertiary/aromatic N) is 3. The molecule has 1 aromatic carbocycles. The Hall–Kier alpha value is -3.25. The van der Waals surface area contributed by atoms with Gasteiger partial charge in [-0.2, -0.15) is 0 Å². The highest BCUT2D eigenvalue weighted by atomic mass is 19.1. The Kier molecular flexibility index (Phi) is 8.99. The van der Waals surface area contributed by atoms with Gasteiger partial charge in [-0.1, -0.05) is 6.07 Å². The molecule has 11 nitrogen and oxygen atoms in total. The minimum atomic E-state index is -0.837. The van der Waals surface area contributed by atoms with E-state index in [1.165, 1.54) is 16.2 Å². The fourth-order valence-electron chi connectivity index (χ4n) is 6.58. The number of carbonyl (C=O) groups is 3. The number of fused-ring (bicyclic) bond motifs is 1. The molecule has 1 saturated carbocycles. The lowest BCUT2D eigenvalue weighted by Gasteiger charge is -2.42. The van der Waals surface area contributed by atoms with Crippen LogP contribution in [0, 0.1) is 11.7 Å². The molecule has 3 aliphatic rings. The van der Waals surface area contributed by atoms with Crippen molar-refractivity contribution in [2.45, 2.75) is 95.9 Å². The highest BCUT2D eigenvalue weighted by Gasteiger charge is 2.36. The Morgan fingerprint density at radius 3 is 2.47 bits per heavy atom. The van der Waals surface area contributed by atoms with E-state index in [1.54, 1.807) is 12.1 Å². The highest BCUT2D eigenvalue weighted by molar-refractivity contribution is 6.00. The number of carbonyl (C=O) groups excluding carboxylic acids is 3. The van der Waals surface area contributed by atoms with Crippen LogP contribution in [-0.4, -0.2) is 75.9 Å². The Balaban J connectivity index is 1.10. The quantitative estimate of drug-likeness (QED) is 0.445. The molecule has 1 aromatic heterocycles. The number of rotatable bonds is 8. The minimum Gasteiger partial charge on any atom is -0.444 e. The van der Waals surface area contributed by atoms with E-state index < -0.39 is 35.2 Å². The smallest absolute Gasteiger partial charge is 0.407 e. The number of imide groups is 1. The predicted molar refractivity (Wildman–Crippen MR) is 158 cm³/mol. The van der Waals surface area contributed by atoms with Crippen LogP contribution >= 0.6 is 0 Å². The van der Waals surface area contributed by atoms with Crippen molar-refractivity contribution in [2.24, 2.45) is 13.0 Å². The molecule has 0 spiro atoms. The number of nitrogens with one attached hydrogen (secondary N) is 2. The molecule has 5 rings (SSSR count). The SMILES string of the molecule is CC(COC1CCC(CN2CC(c3ccc4c(c3F)n(C)c(=O)n4C3CCC(=O)NC3=O)C2)CC1)NC(=O)OC(C)(C)C. The second-order valence-electron chi connectivity index (χ2n) is 13.5. The number of aromatic nitrogens is 2. The van der Waals surface area contributed by atoms with Crippen LogP contribution < -0.4 is 16.3 Å². The molecule has 2 unspecified atom stereocenters. The third-order valence-corrected chi connectivity index (χ3v) is 8.79. The summed E-state index contributed by atoms with van der Waals surface area (Å²) in [5.74, 6) is -0.708. The van der Waals surface area contributed by atoms with Gasteiger partial charge in [0, 0.05) is 39.0 Å². The van der Waals surface area contributed by atoms with Crippen LogP contribution in [0.3, 0.4) is 0 Å².